The molecule has 0 spiro atoms. The summed E-state index contributed by atoms with van der Waals surface area (Å²) in [4.78, 5) is 9.09. The maximum atomic E-state index is 4.55. The van der Waals surface area contributed by atoms with Gasteiger partial charge >= 0.3 is 172 Å². The summed E-state index contributed by atoms with van der Waals surface area (Å²) in [6.07, 6.45) is 3.79. The summed E-state index contributed by atoms with van der Waals surface area (Å²) in [6, 6.07) is 50.3. The maximum absolute atomic E-state index is 4.55. The molecule has 0 bridgehead atoms. The van der Waals surface area contributed by atoms with Gasteiger partial charge in [0.1, 0.15) is 0 Å². The minimum atomic E-state index is 0. The second kappa shape index (κ2) is 14.6. The Bertz CT molecular complexity index is 2280. The minimum absolute atomic E-state index is 0. The summed E-state index contributed by atoms with van der Waals surface area (Å²) in [6.45, 7) is 6.68. The van der Waals surface area contributed by atoms with Gasteiger partial charge in [-0.2, -0.15) is 0 Å². The molecule has 0 saturated heterocycles. The molecule has 0 saturated carbocycles. The number of rotatable bonds is 3. The van der Waals surface area contributed by atoms with E-state index >= 15 is 0 Å². The summed E-state index contributed by atoms with van der Waals surface area (Å²) in [5, 5.41) is 0. The molecule has 0 unspecified atom stereocenters. The normalized spacial score (nSPS) is 12.0. The molecule has 0 aliphatic carbocycles. The van der Waals surface area contributed by atoms with Crippen LogP contribution < -0.4 is 34.2 Å². The monoisotopic (exact) mass is 939 g/mol. The first-order chi connectivity index (χ1) is 23.5. The van der Waals surface area contributed by atoms with Crippen molar-refractivity contribution in [3.8, 4) is 33.6 Å². The van der Waals surface area contributed by atoms with Crippen LogP contribution >= 0.6 is 0 Å². The van der Waals surface area contributed by atoms with Gasteiger partial charge in [0.15, 0.2) is 0 Å². The van der Waals surface area contributed by atoms with Crippen LogP contribution in [0.2, 0.25) is 0 Å². The zero-order chi connectivity index (χ0) is 32.6. The molecule has 239 valence electrons. The molecule has 6 heteroatoms. The Morgan fingerprint density at radius 2 is 1.24 bits per heavy atom. The summed E-state index contributed by atoms with van der Waals surface area (Å²) in [7, 11) is 0. The summed E-state index contributed by atoms with van der Waals surface area (Å²) in [5.74, 6) is 0. The Morgan fingerprint density at radius 3 is 2.02 bits per heavy atom. The Hall–Kier alpha value is -3.85. The number of hydrogen-bond donors (Lipinski definition) is 0. The molecule has 2 aliphatic rings. The molecule has 0 N–H and O–H groups in total. The van der Waals surface area contributed by atoms with E-state index in [1.807, 2.05) is 30.6 Å². The predicted molar refractivity (Wildman–Crippen MR) is 204 cm³/mol. The van der Waals surface area contributed by atoms with Crippen LogP contribution in [-0.2, 0) is 20.1 Å². The summed E-state index contributed by atoms with van der Waals surface area (Å²) in [5.41, 5.74) is 14.8. The molecule has 0 amide bonds. The van der Waals surface area contributed by atoms with Crippen LogP contribution in [0.3, 0.4) is 0 Å². The molecular weight excluding hydrogens is 905 g/mol. The number of pyridine rings is 2. The second-order valence-corrected chi connectivity index (χ2v) is 16.7. The molecule has 0 atom stereocenters. The van der Waals surface area contributed by atoms with E-state index in [9.17, 15) is 0 Å². The molecular formula is C43H31BIrN2Se2-2. The average molecular weight is 937 g/mol. The molecule has 2 nitrogen and oxygen atoms in total. The molecule has 1 radical (unpaired) electrons. The van der Waals surface area contributed by atoms with Crippen molar-refractivity contribution < 1.29 is 20.1 Å². The van der Waals surface area contributed by atoms with Crippen LogP contribution in [-0.4, -0.2) is 46.6 Å². The first-order valence-corrected chi connectivity index (χ1v) is 19.5. The number of benzene rings is 5. The fourth-order valence-electron chi connectivity index (χ4n) is 6.40. The zero-order valence-corrected chi connectivity index (χ0v) is 33.1. The van der Waals surface area contributed by atoms with Crippen LogP contribution in [0.4, 0.5) is 0 Å². The van der Waals surface area contributed by atoms with Gasteiger partial charge in [0.2, 0.25) is 0 Å². The number of aromatic nitrogens is 2. The van der Waals surface area contributed by atoms with Crippen molar-refractivity contribution in [1.82, 2.24) is 9.97 Å². The molecule has 2 aliphatic heterocycles. The zero-order valence-electron chi connectivity index (χ0n) is 27.3. The summed E-state index contributed by atoms with van der Waals surface area (Å²) >= 11 is 0.745. The van der Waals surface area contributed by atoms with Crippen molar-refractivity contribution in [2.45, 2.75) is 20.8 Å². The van der Waals surface area contributed by atoms with Crippen LogP contribution in [0.1, 0.15) is 16.7 Å². The topological polar surface area (TPSA) is 25.8 Å². The van der Waals surface area contributed by atoms with E-state index in [1.54, 1.807) is 14.4 Å². The third-order valence-electron chi connectivity index (χ3n) is 9.07. The fourth-order valence-corrected chi connectivity index (χ4v) is 11.6. The molecule has 2 aromatic heterocycles. The molecule has 7 aromatic rings. The number of fused-ring (bicyclic) bond motifs is 4. The van der Waals surface area contributed by atoms with Gasteiger partial charge in [-0.3, -0.25) is 0 Å². The van der Waals surface area contributed by atoms with Gasteiger partial charge in [0.05, 0.1) is 0 Å². The van der Waals surface area contributed by atoms with E-state index in [0.717, 1.165) is 22.5 Å². The third-order valence-corrected chi connectivity index (χ3v) is 13.9. The number of nitrogens with zero attached hydrogens (tertiary/aromatic N) is 2. The van der Waals surface area contributed by atoms with Gasteiger partial charge < -0.3 is 4.98 Å². The SMILES string of the molecule is Cc1cnc(-c2[c-]cc(C)c(-c3ccccc3)c2)cc1C.[Ir].[c-]1cc2c(cc1-c1ccccn1)B1c3ccccc3[Se]c3cccc(c31)[Se]2. The Labute approximate surface area is 315 Å². The Balaban J connectivity index is 0.000000156. The van der Waals surface area contributed by atoms with Crippen molar-refractivity contribution in [3.05, 3.63) is 163 Å². The van der Waals surface area contributed by atoms with Crippen molar-refractivity contribution in [3.63, 3.8) is 0 Å². The van der Waals surface area contributed by atoms with E-state index in [4.69, 9.17) is 0 Å². The van der Waals surface area contributed by atoms with Crippen LogP contribution in [0, 0.1) is 32.9 Å². The van der Waals surface area contributed by atoms with Crippen molar-refractivity contribution in [2.75, 3.05) is 0 Å². The fraction of sp³-hybridized carbons (Fsp3) is 0.0698. The second-order valence-electron chi connectivity index (χ2n) is 12.2. The number of hydrogen-bond acceptors (Lipinski definition) is 2. The Kier molecular flexibility index (Phi) is 9.99. The van der Waals surface area contributed by atoms with Crippen molar-refractivity contribution in [1.29, 1.82) is 0 Å². The molecule has 0 fully saturated rings. The molecule has 49 heavy (non-hydrogen) atoms. The first-order valence-electron chi connectivity index (χ1n) is 16.1. The van der Waals surface area contributed by atoms with Gasteiger partial charge in [-0.05, 0) is 30.7 Å². The third kappa shape index (κ3) is 6.71. The van der Waals surface area contributed by atoms with Crippen LogP contribution in [0.25, 0.3) is 33.6 Å². The van der Waals surface area contributed by atoms with Gasteiger partial charge in [-0.25, -0.2) is 0 Å². The van der Waals surface area contributed by atoms with Gasteiger partial charge in [0.25, 0.3) is 0 Å². The predicted octanol–water partition coefficient (Wildman–Crippen LogP) is 4.14. The Morgan fingerprint density at radius 1 is 0.551 bits per heavy atom. The van der Waals surface area contributed by atoms with Gasteiger partial charge in [-0.15, -0.1) is 29.3 Å². The van der Waals surface area contributed by atoms with E-state index in [0.29, 0.717) is 36.6 Å². The molecule has 5 aromatic carbocycles. The van der Waals surface area contributed by atoms with Crippen molar-refractivity contribution in [2.24, 2.45) is 0 Å². The number of aryl methyl sites for hydroxylation is 3. The summed E-state index contributed by atoms with van der Waals surface area (Å²) < 4.78 is 6.09. The van der Waals surface area contributed by atoms with Crippen LogP contribution in [0.15, 0.2) is 134 Å². The van der Waals surface area contributed by atoms with E-state index in [1.165, 1.54) is 47.7 Å². The van der Waals surface area contributed by atoms with Gasteiger partial charge in [-0.1, -0.05) is 54.4 Å². The molecule has 9 rings (SSSR count). The quantitative estimate of drug-likeness (QED) is 0.197. The van der Waals surface area contributed by atoms with Gasteiger partial charge in [0, 0.05) is 26.3 Å². The first kappa shape index (κ1) is 33.6. The van der Waals surface area contributed by atoms with E-state index in [2.05, 4.69) is 146 Å². The average Bonchev–Trinajstić information content (AvgIpc) is 3.14. The van der Waals surface area contributed by atoms with Crippen molar-refractivity contribution >= 4 is 70.9 Å². The standard InChI is InChI=1S/C23H13BNSe2.C20H18N.Ir/c1-2-8-19-16(6-1)24-17-14-15(18-7-3-4-13-25-18)11-12-20(17)27-22-10-5-9-21(26-19)23(22)24;1-14-9-10-18(20-11-15(2)16(3)13-21-20)12-19(14)17-7-5-4-6-8-17;/h1-10,12-14H;4-9,11-13H,1-3H3;/q2*-1;. The van der Waals surface area contributed by atoms with E-state index in [-0.39, 0.29) is 20.1 Å². The molecule has 4 heterocycles. The van der Waals surface area contributed by atoms with E-state index < -0.39 is 0 Å². The van der Waals surface area contributed by atoms with Crippen LogP contribution in [0.5, 0.6) is 0 Å².